The number of nitrogens with zero attached hydrogens (tertiary/aromatic N) is 1. The molecule has 1 fully saturated rings. The number of hydrogen-bond donors (Lipinski definition) is 2. The quantitative estimate of drug-likeness (QED) is 0.0802. The molecular formula is C30H33F8NO15S. The maximum atomic E-state index is 14.9. The van der Waals surface area contributed by atoms with Crippen LogP contribution < -0.4 is 0 Å². The number of aromatic hydroxyl groups is 2. The minimum Gasteiger partial charge on any atom is -0.493 e. The van der Waals surface area contributed by atoms with Crippen molar-refractivity contribution >= 4 is 33.9 Å². The molecule has 2 bridgehead atoms. The number of ether oxygens (including phenoxy) is 7. The lowest BCUT2D eigenvalue weighted by Crippen LogP contribution is -2.63. The molecule has 0 aromatic carbocycles. The topological polar surface area (TPSA) is 212 Å². The van der Waals surface area contributed by atoms with Gasteiger partial charge in [0.1, 0.15) is 12.7 Å². The van der Waals surface area contributed by atoms with E-state index in [4.69, 9.17) is 28.4 Å². The fraction of sp³-hybridized carbons (Fsp3) is 0.667. The SMILES string of the molecule is CC(=O)OCC1O[C@@H](OCCCC(F)(F)C(F)(F)OC(F)(F)C(F)(F)S(=O)(=O)n2c(O)c3c(c2O)C2C=CC3C2)C(OC(C)=O)[C@@H](OC(C)=O)[C@@H]1OC(C)=O. The van der Waals surface area contributed by atoms with E-state index < -0.39 is 153 Å². The standard InChI is InChI=1S/C30H33F8NO15S/c1-12(40)49-11-18-21(50-13(2)41)22(51-14(3)42)23(52-15(4)43)26(53-18)48-9-5-8-27(31,32)28(33,34)54-29(35,36)30(37,38)55(46,47)39-24(44)19-16-6-7-17(10-16)20(19)25(39)45/h6-7,16-18,21-23,26,44-45H,5,8-11H2,1-4H3/t16?,17?,18?,21-,22+,23?,26-/m1/s1. The molecule has 25 heteroatoms. The van der Waals surface area contributed by atoms with E-state index in [1.807, 2.05) is 0 Å². The first-order valence-corrected chi connectivity index (χ1v) is 17.3. The summed E-state index contributed by atoms with van der Waals surface area (Å²) >= 11 is 0. The Kier molecular flexibility index (Phi) is 12.2. The third-order valence-electron chi connectivity index (χ3n) is 8.43. The Morgan fingerprint density at radius 1 is 0.782 bits per heavy atom. The number of alkyl halides is 8. The Balaban J connectivity index is 1.49. The maximum absolute atomic E-state index is 14.9. The maximum Gasteiger partial charge on any atom is 0.454 e. The molecule has 0 spiro atoms. The number of rotatable bonds is 16. The van der Waals surface area contributed by atoms with Crippen molar-refractivity contribution in [3.05, 3.63) is 23.3 Å². The second-order valence-corrected chi connectivity index (χ2v) is 14.3. The average Bonchev–Trinajstić information content (AvgIpc) is 3.72. The van der Waals surface area contributed by atoms with Gasteiger partial charge in [0.2, 0.25) is 11.8 Å². The van der Waals surface area contributed by atoms with Crippen molar-refractivity contribution in [2.45, 2.75) is 113 Å². The summed E-state index contributed by atoms with van der Waals surface area (Å²) < 4.78 is 175. The molecule has 2 aliphatic carbocycles. The van der Waals surface area contributed by atoms with Crippen LogP contribution in [-0.4, -0.2) is 114 Å². The predicted molar refractivity (Wildman–Crippen MR) is 159 cm³/mol. The van der Waals surface area contributed by atoms with Gasteiger partial charge in [-0.15, -0.1) is 0 Å². The summed E-state index contributed by atoms with van der Waals surface area (Å²) in [5.74, 6) is -14.7. The van der Waals surface area contributed by atoms with Crippen LogP contribution in [0.1, 0.15) is 69.9 Å². The van der Waals surface area contributed by atoms with Crippen LogP contribution in [0.3, 0.4) is 0 Å². The first kappa shape index (κ1) is 43.5. The average molecular weight is 832 g/mol. The van der Waals surface area contributed by atoms with Crippen molar-refractivity contribution in [1.82, 2.24) is 3.97 Å². The molecule has 0 amide bonds. The number of fused-ring (bicyclic) bond motifs is 5. The van der Waals surface area contributed by atoms with E-state index in [0.29, 0.717) is 0 Å². The van der Waals surface area contributed by atoms with Gasteiger partial charge in [0.25, 0.3) is 0 Å². The summed E-state index contributed by atoms with van der Waals surface area (Å²) in [4.78, 5) is 47.0. The van der Waals surface area contributed by atoms with E-state index in [9.17, 15) is 72.9 Å². The molecule has 310 valence electrons. The van der Waals surface area contributed by atoms with Crippen molar-refractivity contribution in [3.8, 4) is 11.8 Å². The smallest absolute Gasteiger partial charge is 0.454 e. The monoisotopic (exact) mass is 831 g/mol. The summed E-state index contributed by atoms with van der Waals surface area (Å²) in [5.41, 5.74) is -0.812. The summed E-state index contributed by atoms with van der Waals surface area (Å²) in [6.07, 6.45) is -22.8. The Morgan fingerprint density at radius 3 is 1.76 bits per heavy atom. The molecule has 1 aromatic heterocycles. The number of carbonyl (C=O) groups is 4. The van der Waals surface area contributed by atoms with Gasteiger partial charge in [-0.25, -0.2) is 4.74 Å². The third-order valence-corrected chi connectivity index (χ3v) is 10.1. The van der Waals surface area contributed by atoms with Crippen LogP contribution in [0, 0.1) is 0 Å². The molecular weight excluding hydrogens is 798 g/mol. The zero-order chi connectivity index (χ0) is 41.6. The van der Waals surface area contributed by atoms with E-state index in [1.54, 1.807) is 0 Å². The normalized spacial score (nSPS) is 25.3. The van der Waals surface area contributed by atoms with Crippen molar-refractivity contribution in [1.29, 1.82) is 0 Å². The lowest BCUT2D eigenvalue weighted by atomic mass is 9.98. The first-order valence-electron chi connectivity index (χ1n) is 15.9. The highest BCUT2D eigenvalue weighted by atomic mass is 32.2. The summed E-state index contributed by atoms with van der Waals surface area (Å²) in [5, 5.41) is 13.8. The molecule has 0 radical (unpaired) electrons. The van der Waals surface area contributed by atoms with Crippen LogP contribution in [0.15, 0.2) is 12.2 Å². The van der Waals surface area contributed by atoms with Gasteiger partial charge in [-0.3, -0.25) is 19.2 Å². The Hall–Kier alpha value is -4.23. The van der Waals surface area contributed by atoms with Gasteiger partial charge in [-0.2, -0.15) is 47.5 Å². The highest BCUT2D eigenvalue weighted by Crippen LogP contribution is 2.58. The number of hydrogen-bond acceptors (Lipinski definition) is 15. The number of aromatic nitrogens is 1. The van der Waals surface area contributed by atoms with Crippen LogP contribution in [0.4, 0.5) is 35.1 Å². The number of carbonyl (C=O) groups excluding carboxylic acids is 4. The minimum atomic E-state index is -7.11. The highest BCUT2D eigenvalue weighted by Gasteiger charge is 2.75. The van der Waals surface area contributed by atoms with Crippen LogP contribution in [-0.2, 0) is 62.4 Å². The second kappa shape index (κ2) is 15.4. The van der Waals surface area contributed by atoms with Crippen LogP contribution in [0.5, 0.6) is 11.8 Å². The predicted octanol–water partition coefficient (Wildman–Crippen LogP) is 3.53. The van der Waals surface area contributed by atoms with E-state index in [-0.39, 0.29) is 6.42 Å². The first-order chi connectivity index (χ1) is 25.2. The lowest BCUT2D eigenvalue weighted by molar-refractivity contribution is -0.456. The Labute approximate surface area is 305 Å². The van der Waals surface area contributed by atoms with E-state index in [0.717, 1.165) is 27.7 Å². The molecule has 4 rings (SSSR count). The van der Waals surface area contributed by atoms with Crippen molar-refractivity contribution < 1.29 is 106 Å². The minimum absolute atomic E-state index is 0.164. The van der Waals surface area contributed by atoms with Crippen molar-refractivity contribution in [2.24, 2.45) is 0 Å². The molecule has 1 aromatic rings. The molecule has 55 heavy (non-hydrogen) atoms. The third kappa shape index (κ3) is 8.33. The largest absolute Gasteiger partial charge is 0.493 e. The van der Waals surface area contributed by atoms with Gasteiger partial charge >= 0.3 is 57.3 Å². The molecule has 3 aliphatic rings. The van der Waals surface area contributed by atoms with Gasteiger partial charge in [-0.05, 0) is 12.8 Å². The Bertz CT molecular complexity index is 1780. The van der Waals surface area contributed by atoms with E-state index >= 15 is 0 Å². The number of allylic oxidation sites excluding steroid dienone is 2. The molecule has 0 saturated carbocycles. The van der Waals surface area contributed by atoms with E-state index in [1.165, 1.54) is 12.2 Å². The zero-order valence-corrected chi connectivity index (χ0v) is 29.6. The van der Waals surface area contributed by atoms with Crippen molar-refractivity contribution in [2.75, 3.05) is 13.2 Å². The van der Waals surface area contributed by atoms with E-state index in [2.05, 4.69) is 4.74 Å². The van der Waals surface area contributed by atoms with Crippen LogP contribution >= 0.6 is 0 Å². The Morgan fingerprint density at radius 2 is 1.27 bits per heavy atom. The zero-order valence-electron chi connectivity index (χ0n) is 28.8. The van der Waals surface area contributed by atoms with Gasteiger partial charge < -0.3 is 38.6 Å². The highest BCUT2D eigenvalue weighted by molar-refractivity contribution is 7.91. The molecule has 2 heterocycles. The molecule has 16 nitrogen and oxygen atoms in total. The molecule has 7 atom stereocenters. The number of esters is 4. The van der Waals surface area contributed by atoms with Gasteiger partial charge in [0, 0.05) is 57.1 Å². The van der Waals surface area contributed by atoms with Gasteiger partial charge in [-0.1, -0.05) is 12.2 Å². The van der Waals surface area contributed by atoms with Gasteiger partial charge in [0.05, 0.1) is 6.61 Å². The number of halogens is 8. The van der Waals surface area contributed by atoms with Crippen LogP contribution in [0.25, 0.3) is 0 Å². The van der Waals surface area contributed by atoms with Gasteiger partial charge in [0.15, 0.2) is 24.6 Å². The fourth-order valence-electron chi connectivity index (χ4n) is 6.17. The summed E-state index contributed by atoms with van der Waals surface area (Å²) in [6, 6.07) is 0. The second-order valence-electron chi connectivity index (χ2n) is 12.5. The molecule has 2 N–H and O–H groups in total. The van der Waals surface area contributed by atoms with Crippen molar-refractivity contribution in [3.63, 3.8) is 0 Å². The van der Waals surface area contributed by atoms with Crippen LogP contribution in [0.2, 0.25) is 0 Å². The lowest BCUT2D eigenvalue weighted by Gasteiger charge is -2.44. The summed E-state index contributed by atoms with van der Waals surface area (Å²) in [7, 11) is -7.11. The fourth-order valence-corrected chi connectivity index (χ4v) is 7.39. The summed E-state index contributed by atoms with van der Waals surface area (Å²) in [6.45, 7) is 1.74. The molecule has 1 aliphatic heterocycles. The molecule has 1 saturated heterocycles. The molecule has 4 unspecified atom stereocenters.